The van der Waals surface area contributed by atoms with Crippen LogP contribution in [0.2, 0.25) is 5.15 Å². The second kappa shape index (κ2) is 4.82. The number of aliphatic hydroxyl groups excluding tert-OH is 1. The highest BCUT2D eigenvalue weighted by molar-refractivity contribution is 8.00. The fourth-order valence-electron chi connectivity index (χ4n) is 3.33. The van der Waals surface area contributed by atoms with Crippen molar-refractivity contribution in [1.82, 2.24) is 14.5 Å². The smallest absolute Gasteiger partial charge is 0.186 e. The van der Waals surface area contributed by atoms with E-state index in [1.54, 1.807) is 11.8 Å². The molecule has 2 aromatic heterocycles. The van der Waals surface area contributed by atoms with E-state index in [2.05, 4.69) is 9.97 Å². The van der Waals surface area contributed by atoms with Gasteiger partial charge in [0.25, 0.3) is 0 Å². The zero-order valence-electron chi connectivity index (χ0n) is 12.2. The maximum atomic E-state index is 9.64. The minimum atomic E-state index is -0.716. The molecular formula is C14H16ClN3O3S. The van der Waals surface area contributed by atoms with E-state index in [4.69, 9.17) is 21.1 Å². The van der Waals surface area contributed by atoms with Crippen LogP contribution in [0.3, 0.4) is 0 Å². The molecule has 2 aliphatic rings. The van der Waals surface area contributed by atoms with Crippen molar-refractivity contribution in [3.05, 3.63) is 23.7 Å². The lowest BCUT2D eigenvalue weighted by molar-refractivity contribution is -0.176. The molecule has 1 N–H and O–H groups in total. The highest BCUT2D eigenvalue weighted by atomic mass is 35.5. The van der Waals surface area contributed by atoms with E-state index in [1.165, 1.54) is 6.33 Å². The van der Waals surface area contributed by atoms with E-state index in [-0.39, 0.29) is 18.0 Å². The van der Waals surface area contributed by atoms with E-state index in [0.29, 0.717) is 16.6 Å². The van der Waals surface area contributed by atoms with E-state index in [0.717, 1.165) is 5.39 Å². The van der Waals surface area contributed by atoms with Gasteiger partial charge < -0.3 is 14.6 Å². The van der Waals surface area contributed by atoms with Crippen molar-refractivity contribution in [3.8, 4) is 0 Å². The van der Waals surface area contributed by atoms with Crippen LogP contribution in [-0.2, 0) is 15.2 Å². The Bertz CT molecular complexity index is 737. The molecule has 0 saturated carbocycles. The van der Waals surface area contributed by atoms with Crippen LogP contribution in [0, 0.1) is 0 Å². The molecule has 2 aliphatic heterocycles. The van der Waals surface area contributed by atoms with Crippen LogP contribution in [-0.4, -0.2) is 49.1 Å². The van der Waals surface area contributed by atoms with Gasteiger partial charge in [-0.05, 0) is 19.9 Å². The maximum Gasteiger partial charge on any atom is 0.186 e. The minimum Gasteiger partial charge on any atom is -0.395 e. The predicted molar refractivity (Wildman–Crippen MR) is 83.9 cm³/mol. The standard InChI is InChI=1S/C14H16ClN3O3S/c1-13(2)20-10-9(5-19)22-6-14(10,21-13)18-4-3-8-11(15)16-7-17-12(8)18/h3-4,7,9-10,19H,5-6H2,1-2H3/t9-,10-,14-/m1/s1. The van der Waals surface area contributed by atoms with Crippen molar-refractivity contribution in [2.45, 2.75) is 36.7 Å². The molecule has 0 spiro atoms. The Labute approximate surface area is 136 Å². The number of nitrogens with zero attached hydrogens (tertiary/aromatic N) is 3. The molecule has 2 fully saturated rings. The summed E-state index contributed by atoms with van der Waals surface area (Å²) in [7, 11) is 0. The van der Waals surface area contributed by atoms with Gasteiger partial charge in [0.1, 0.15) is 23.2 Å². The molecule has 0 aliphatic carbocycles. The maximum absolute atomic E-state index is 9.64. The van der Waals surface area contributed by atoms with Crippen LogP contribution in [0.1, 0.15) is 13.8 Å². The van der Waals surface area contributed by atoms with E-state index in [1.807, 2.05) is 30.7 Å². The zero-order valence-corrected chi connectivity index (χ0v) is 13.8. The number of thioether (sulfide) groups is 1. The molecule has 2 saturated heterocycles. The van der Waals surface area contributed by atoms with E-state index >= 15 is 0 Å². The van der Waals surface area contributed by atoms with Gasteiger partial charge in [-0.3, -0.25) is 4.57 Å². The first-order chi connectivity index (χ1) is 10.5. The van der Waals surface area contributed by atoms with Gasteiger partial charge in [-0.25, -0.2) is 9.97 Å². The molecule has 8 heteroatoms. The van der Waals surface area contributed by atoms with Gasteiger partial charge in [-0.2, -0.15) is 0 Å². The van der Waals surface area contributed by atoms with Crippen LogP contribution in [0.15, 0.2) is 18.6 Å². The summed E-state index contributed by atoms with van der Waals surface area (Å²) < 4.78 is 14.3. The third kappa shape index (κ3) is 1.93. The van der Waals surface area contributed by atoms with Crippen LogP contribution >= 0.6 is 23.4 Å². The first-order valence-corrected chi connectivity index (χ1v) is 8.48. The van der Waals surface area contributed by atoms with Crippen molar-refractivity contribution in [1.29, 1.82) is 0 Å². The molecule has 118 valence electrons. The molecule has 6 nitrogen and oxygen atoms in total. The van der Waals surface area contributed by atoms with Gasteiger partial charge in [-0.15, -0.1) is 11.8 Å². The second-order valence-corrected chi connectivity index (χ2v) is 7.59. The number of aliphatic hydroxyl groups is 1. The zero-order chi connectivity index (χ0) is 15.5. The Hall–Kier alpha value is -0.860. The van der Waals surface area contributed by atoms with Crippen molar-refractivity contribution in [2.24, 2.45) is 0 Å². The molecule has 0 aromatic carbocycles. The first kappa shape index (κ1) is 14.7. The number of hydrogen-bond donors (Lipinski definition) is 1. The van der Waals surface area contributed by atoms with Gasteiger partial charge in [-0.1, -0.05) is 11.6 Å². The van der Waals surface area contributed by atoms with Crippen LogP contribution in [0.5, 0.6) is 0 Å². The normalized spacial score (nSPS) is 33.5. The molecule has 2 aromatic rings. The Balaban J connectivity index is 1.90. The summed E-state index contributed by atoms with van der Waals surface area (Å²) in [5.41, 5.74) is 0.0200. The van der Waals surface area contributed by atoms with Crippen LogP contribution in [0.25, 0.3) is 11.0 Å². The number of hydrogen-bond acceptors (Lipinski definition) is 6. The van der Waals surface area contributed by atoms with Crippen LogP contribution in [0.4, 0.5) is 0 Å². The largest absolute Gasteiger partial charge is 0.395 e. The Morgan fingerprint density at radius 1 is 1.50 bits per heavy atom. The number of rotatable bonds is 2. The van der Waals surface area contributed by atoms with E-state index in [9.17, 15) is 5.11 Å². The van der Waals surface area contributed by atoms with Gasteiger partial charge in [0.2, 0.25) is 0 Å². The van der Waals surface area contributed by atoms with Gasteiger partial charge >= 0.3 is 0 Å². The second-order valence-electron chi connectivity index (χ2n) is 6.00. The number of aromatic nitrogens is 3. The fraction of sp³-hybridized carbons (Fsp3) is 0.571. The van der Waals surface area contributed by atoms with Crippen molar-refractivity contribution in [2.75, 3.05) is 12.4 Å². The molecule has 22 heavy (non-hydrogen) atoms. The Morgan fingerprint density at radius 2 is 2.32 bits per heavy atom. The Morgan fingerprint density at radius 3 is 3.09 bits per heavy atom. The molecule has 0 unspecified atom stereocenters. The summed E-state index contributed by atoms with van der Waals surface area (Å²) in [5, 5.41) is 10.8. The summed E-state index contributed by atoms with van der Waals surface area (Å²) in [6, 6.07) is 1.88. The average molecular weight is 342 g/mol. The molecular weight excluding hydrogens is 326 g/mol. The van der Waals surface area contributed by atoms with Gasteiger partial charge in [0, 0.05) is 11.9 Å². The summed E-state index contributed by atoms with van der Waals surface area (Å²) in [6.45, 7) is 3.82. The molecule has 3 atom stereocenters. The molecule has 0 radical (unpaired) electrons. The van der Waals surface area contributed by atoms with Crippen LogP contribution < -0.4 is 0 Å². The average Bonchev–Trinajstić information content (AvgIpc) is 3.08. The summed E-state index contributed by atoms with van der Waals surface area (Å²) in [6.07, 6.45) is 3.10. The third-order valence-electron chi connectivity index (χ3n) is 4.14. The summed E-state index contributed by atoms with van der Waals surface area (Å²) >= 11 is 7.80. The van der Waals surface area contributed by atoms with Crippen molar-refractivity contribution < 1.29 is 14.6 Å². The molecule has 0 amide bonds. The van der Waals surface area contributed by atoms with Crippen molar-refractivity contribution >= 4 is 34.4 Å². The van der Waals surface area contributed by atoms with Gasteiger partial charge in [0.15, 0.2) is 11.5 Å². The molecule has 4 rings (SSSR count). The highest BCUT2D eigenvalue weighted by Gasteiger charge is 2.61. The number of halogens is 1. The van der Waals surface area contributed by atoms with E-state index < -0.39 is 11.5 Å². The lowest BCUT2D eigenvalue weighted by Gasteiger charge is -2.30. The number of fused-ring (bicyclic) bond motifs is 2. The number of ether oxygens (including phenoxy) is 2. The predicted octanol–water partition coefficient (Wildman–Crippen LogP) is 2.00. The fourth-order valence-corrected chi connectivity index (χ4v) is 4.88. The SMILES string of the molecule is CC1(C)O[C@@H]2[C@@H](CO)SC[C@@]2(n2ccc3c(Cl)ncnc32)O1. The quantitative estimate of drug-likeness (QED) is 0.842. The molecule has 4 heterocycles. The third-order valence-corrected chi connectivity index (χ3v) is 5.85. The lowest BCUT2D eigenvalue weighted by atomic mass is 10.1. The first-order valence-electron chi connectivity index (χ1n) is 7.05. The van der Waals surface area contributed by atoms with Crippen molar-refractivity contribution in [3.63, 3.8) is 0 Å². The topological polar surface area (TPSA) is 69.4 Å². The lowest BCUT2D eigenvalue weighted by Crippen LogP contribution is -2.44. The minimum absolute atomic E-state index is 0.0310. The van der Waals surface area contributed by atoms with Gasteiger partial charge in [0.05, 0.1) is 17.2 Å². The highest BCUT2D eigenvalue weighted by Crippen LogP contribution is 2.52. The monoisotopic (exact) mass is 341 g/mol. The Kier molecular flexibility index (Phi) is 3.22. The summed E-state index contributed by atoms with van der Waals surface area (Å²) in [5.74, 6) is -0.0375. The molecule has 0 bridgehead atoms. The summed E-state index contributed by atoms with van der Waals surface area (Å²) in [4.78, 5) is 8.37.